The van der Waals surface area contributed by atoms with E-state index in [1.54, 1.807) is 19.6 Å². The maximum atomic E-state index is 12.6. The highest BCUT2D eigenvalue weighted by atomic mass is 16.5. The van der Waals surface area contributed by atoms with Gasteiger partial charge < -0.3 is 10.2 Å². The summed E-state index contributed by atoms with van der Waals surface area (Å²) in [5.74, 6) is -1.55. The van der Waals surface area contributed by atoms with E-state index in [2.05, 4.69) is 5.32 Å². The molecule has 0 aliphatic heterocycles. The van der Waals surface area contributed by atoms with Crippen LogP contribution in [0.2, 0.25) is 0 Å². The van der Waals surface area contributed by atoms with E-state index in [-0.39, 0.29) is 24.2 Å². The fourth-order valence-electron chi connectivity index (χ4n) is 2.29. The SMILES string of the molecule is CC(C)CC(CC(=O)NO)C(=O)N[C@H](C(=O)N(C)C)C(C)(C)C. The first-order valence-corrected chi connectivity index (χ1v) is 7.84. The van der Waals surface area contributed by atoms with Crippen LogP contribution in [-0.2, 0) is 14.4 Å². The average Bonchev–Trinajstić information content (AvgIpc) is 2.40. The minimum absolute atomic E-state index is 0.118. The Kier molecular flexibility index (Phi) is 8.23. The molecule has 0 rings (SSSR count). The van der Waals surface area contributed by atoms with Gasteiger partial charge in [0.15, 0.2) is 0 Å². The van der Waals surface area contributed by atoms with E-state index >= 15 is 0 Å². The molecule has 134 valence electrons. The number of hydrogen-bond acceptors (Lipinski definition) is 4. The molecule has 23 heavy (non-hydrogen) atoms. The largest absolute Gasteiger partial charge is 0.347 e. The van der Waals surface area contributed by atoms with E-state index in [9.17, 15) is 14.4 Å². The lowest BCUT2D eigenvalue weighted by atomic mass is 9.84. The number of carbonyl (C=O) groups is 3. The zero-order valence-electron chi connectivity index (χ0n) is 15.3. The van der Waals surface area contributed by atoms with Crippen LogP contribution in [0.25, 0.3) is 0 Å². The van der Waals surface area contributed by atoms with E-state index in [1.165, 1.54) is 4.90 Å². The van der Waals surface area contributed by atoms with Crippen LogP contribution in [0, 0.1) is 17.3 Å². The third kappa shape index (κ3) is 7.45. The van der Waals surface area contributed by atoms with Crippen molar-refractivity contribution in [3.8, 4) is 0 Å². The molecule has 3 N–H and O–H groups in total. The Morgan fingerprint density at radius 2 is 1.65 bits per heavy atom. The van der Waals surface area contributed by atoms with Gasteiger partial charge in [-0.1, -0.05) is 34.6 Å². The number of amides is 3. The maximum absolute atomic E-state index is 12.6. The number of carbonyl (C=O) groups excluding carboxylic acids is 3. The van der Waals surface area contributed by atoms with Crippen LogP contribution in [0.15, 0.2) is 0 Å². The predicted molar refractivity (Wildman–Crippen MR) is 87.6 cm³/mol. The second kappa shape index (κ2) is 8.86. The fourth-order valence-corrected chi connectivity index (χ4v) is 2.29. The lowest BCUT2D eigenvalue weighted by Gasteiger charge is -2.33. The van der Waals surface area contributed by atoms with Crippen LogP contribution in [0.1, 0.15) is 47.5 Å². The predicted octanol–water partition coefficient (Wildman–Crippen LogP) is 1.16. The molecule has 0 aromatic rings. The molecule has 0 aliphatic carbocycles. The molecule has 2 atom stereocenters. The molecule has 0 saturated carbocycles. The van der Waals surface area contributed by atoms with Crippen LogP contribution >= 0.6 is 0 Å². The van der Waals surface area contributed by atoms with Crippen molar-refractivity contribution in [3.05, 3.63) is 0 Å². The van der Waals surface area contributed by atoms with Crippen molar-refractivity contribution in [1.29, 1.82) is 0 Å². The minimum atomic E-state index is -0.683. The maximum Gasteiger partial charge on any atom is 0.245 e. The van der Waals surface area contributed by atoms with E-state index in [0.29, 0.717) is 6.42 Å². The molecule has 0 radical (unpaired) electrons. The first kappa shape index (κ1) is 21.4. The van der Waals surface area contributed by atoms with Gasteiger partial charge in [0.05, 0.1) is 0 Å². The summed E-state index contributed by atoms with van der Waals surface area (Å²) in [6.07, 6.45) is 0.375. The highest BCUT2D eigenvalue weighted by Gasteiger charge is 2.35. The van der Waals surface area contributed by atoms with E-state index in [4.69, 9.17) is 5.21 Å². The molecule has 0 saturated heterocycles. The molecule has 1 unspecified atom stereocenters. The van der Waals surface area contributed by atoms with Gasteiger partial charge in [0.1, 0.15) is 6.04 Å². The summed E-state index contributed by atoms with van der Waals surface area (Å²) in [5.41, 5.74) is 1.09. The van der Waals surface area contributed by atoms with Gasteiger partial charge in [0.25, 0.3) is 0 Å². The quantitative estimate of drug-likeness (QED) is 0.482. The average molecular weight is 329 g/mol. The number of hydrogen-bond donors (Lipinski definition) is 3. The Morgan fingerprint density at radius 3 is 2.00 bits per heavy atom. The third-order valence-electron chi connectivity index (χ3n) is 3.52. The fraction of sp³-hybridized carbons (Fsp3) is 0.812. The number of rotatable bonds is 7. The Bertz CT molecular complexity index is 428. The highest BCUT2D eigenvalue weighted by molar-refractivity contribution is 5.90. The van der Waals surface area contributed by atoms with E-state index < -0.39 is 23.3 Å². The van der Waals surface area contributed by atoms with Crippen LogP contribution < -0.4 is 10.8 Å². The summed E-state index contributed by atoms with van der Waals surface area (Å²) in [5, 5.41) is 11.5. The first-order valence-electron chi connectivity index (χ1n) is 7.84. The second-order valence-corrected chi connectivity index (χ2v) is 7.61. The lowest BCUT2D eigenvalue weighted by molar-refractivity contribution is -0.140. The van der Waals surface area contributed by atoms with Gasteiger partial charge in [-0.3, -0.25) is 19.6 Å². The summed E-state index contributed by atoms with van der Waals surface area (Å²) in [4.78, 5) is 37.8. The Labute approximate surface area is 138 Å². The Balaban J connectivity index is 5.23. The molecule has 0 aliphatic rings. The Hall–Kier alpha value is -1.63. The van der Waals surface area contributed by atoms with E-state index in [0.717, 1.165) is 0 Å². The van der Waals surface area contributed by atoms with Crippen molar-refractivity contribution < 1.29 is 19.6 Å². The number of likely N-dealkylation sites (N-methyl/N-ethyl adjacent to an activating group) is 1. The van der Waals surface area contributed by atoms with Crippen LogP contribution in [0.3, 0.4) is 0 Å². The molecule has 0 spiro atoms. The molecule has 0 aromatic carbocycles. The van der Waals surface area contributed by atoms with Crippen LogP contribution in [0.4, 0.5) is 0 Å². The number of hydroxylamine groups is 1. The molecule has 3 amide bonds. The van der Waals surface area contributed by atoms with Crippen molar-refractivity contribution in [1.82, 2.24) is 15.7 Å². The smallest absolute Gasteiger partial charge is 0.245 e. The van der Waals surface area contributed by atoms with Crippen molar-refractivity contribution in [2.45, 2.75) is 53.5 Å². The van der Waals surface area contributed by atoms with Crippen molar-refractivity contribution >= 4 is 17.7 Å². The van der Waals surface area contributed by atoms with Gasteiger partial charge >= 0.3 is 0 Å². The lowest BCUT2D eigenvalue weighted by Crippen LogP contribution is -2.54. The standard InChI is InChI=1S/C16H31N3O4/c1-10(2)8-11(9-12(20)18-23)14(21)17-13(16(3,4)5)15(22)19(6)7/h10-11,13,23H,8-9H2,1-7H3,(H,17,21)(H,18,20)/t11?,13-/m1/s1. The van der Waals surface area contributed by atoms with E-state index in [1.807, 2.05) is 34.6 Å². The minimum Gasteiger partial charge on any atom is -0.347 e. The van der Waals surface area contributed by atoms with Crippen molar-refractivity contribution in [2.75, 3.05) is 14.1 Å². The monoisotopic (exact) mass is 329 g/mol. The van der Waals surface area contributed by atoms with Gasteiger partial charge in [-0.2, -0.15) is 0 Å². The van der Waals surface area contributed by atoms with Crippen LogP contribution in [-0.4, -0.2) is 48.0 Å². The molecular weight excluding hydrogens is 298 g/mol. The number of nitrogens with zero attached hydrogens (tertiary/aromatic N) is 1. The van der Waals surface area contributed by atoms with Gasteiger partial charge in [-0.25, -0.2) is 5.48 Å². The summed E-state index contributed by atoms with van der Waals surface area (Å²) >= 11 is 0. The molecule has 0 fully saturated rings. The van der Waals surface area contributed by atoms with Crippen molar-refractivity contribution in [2.24, 2.45) is 17.3 Å². The second-order valence-electron chi connectivity index (χ2n) is 7.61. The number of nitrogens with one attached hydrogen (secondary N) is 2. The normalized spacial score (nSPS) is 14.1. The zero-order valence-corrected chi connectivity index (χ0v) is 15.3. The third-order valence-corrected chi connectivity index (χ3v) is 3.52. The first-order chi connectivity index (χ1) is 10.4. The molecule has 0 bridgehead atoms. The summed E-state index contributed by atoms with van der Waals surface area (Å²) < 4.78 is 0. The van der Waals surface area contributed by atoms with Gasteiger partial charge in [0, 0.05) is 26.4 Å². The van der Waals surface area contributed by atoms with Crippen LogP contribution in [0.5, 0.6) is 0 Å². The van der Waals surface area contributed by atoms with Gasteiger partial charge in [0.2, 0.25) is 17.7 Å². The highest BCUT2D eigenvalue weighted by Crippen LogP contribution is 2.23. The molecule has 0 aromatic heterocycles. The molecule has 7 heteroatoms. The summed E-state index contributed by atoms with van der Waals surface area (Å²) in [6.45, 7) is 9.51. The molecule has 0 heterocycles. The van der Waals surface area contributed by atoms with Gasteiger partial charge in [-0.05, 0) is 17.8 Å². The Morgan fingerprint density at radius 1 is 1.13 bits per heavy atom. The summed E-state index contributed by atoms with van der Waals surface area (Å²) in [6, 6.07) is -0.683. The summed E-state index contributed by atoms with van der Waals surface area (Å²) in [7, 11) is 3.27. The topological polar surface area (TPSA) is 98.7 Å². The molecular formula is C16H31N3O4. The zero-order chi connectivity index (χ0) is 18.4. The van der Waals surface area contributed by atoms with Gasteiger partial charge in [-0.15, -0.1) is 0 Å². The molecule has 7 nitrogen and oxygen atoms in total. The van der Waals surface area contributed by atoms with Crippen molar-refractivity contribution in [3.63, 3.8) is 0 Å².